The molecule has 4 nitrogen and oxygen atoms in total. The number of imidazole rings is 1. The number of hydrogen-bond donors (Lipinski definition) is 2. The number of aryl methyl sites for hydroxylation is 1. The van der Waals surface area contributed by atoms with Gasteiger partial charge in [-0.05, 0) is 26.0 Å². The predicted molar refractivity (Wildman–Crippen MR) is 65.5 cm³/mol. The summed E-state index contributed by atoms with van der Waals surface area (Å²) in [6.07, 6.45) is 0. The Morgan fingerprint density at radius 2 is 2.06 bits per heavy atom. The molecule has 0 saturated carbocycles. The van der Waals surface area contributed by atoms with Crippen molar-refractivity contribution in [3.63, 3.8) is 0 Å². The van der Waals surface area contributed by atoms with Crippen molar-refractivity contribution in [1.29, 1.82) is 0 Å². The summed E-state index contributed by atoms with van der Waals surface area (Å²) in [5.41, 5.74) is 1.68. The van der Waals surface area contributed by atoms with Gasteiger partial charge in [-0.3, -0.25) is 0 Å². The van der Waals surface area contributed by atoms with Crippen molar-refractivity contribution < 1.29 is 5.11 Å². The quantitative estimate of drug-likeness (QED) is 0.827. The lowest BCUT2D eigenvalue weighted by molar-refractivity contribution is 0.233. The molecule has 0 amide bonds. The molecule has 0 fully saturated rings. The van der Waals surface area contributed by atoms with Crippen LogP contribution in [0.1, 0.15) is 13.8 Å². The Bertz CT molecular complexity index is 502. The van der Waals surface area contributed by atoms with Gasteiger partial charge < -0.3 is 15.0 Å². The molecule has 0 radical (unpaired) electrons. The van der Waals surface area contributed by atoms with E-state index in [2.05, 4.69) is 10.3 Å². The first-order valence-corrected chi connectivity index (χ1v) is 5.34. The highest BCUT2D eigenvalue weighted by Gasteiger charge is 2.18. The molecule has 1 aromatic heterocycles. The van der Waals surface area contributed by atoms with Crippen LogP contribution < -0.4 is 5.32 Å². The highest BCUT2D eigenvalue weighted by atomic mass is 16.3. The zero-order valence-electron chi connectivity index (χ0n) is 9.86. The minimum absolute atomic E-state index is 0.0657. The molecule has 0 aliphatic rings. The normalized spacial score (nSPS) is 12.0. The third kappa shape index (κ3) is 1.88. The molecular formula is C12H17N3O. The first kappa shape index (κ1) is 11.0. The fraction of sp³-hybridized carbons (Fsp3) is 0.417. The number of fused-ring (bicyclic) bond motifs is 1. The summed E-state index contributed by atoms with van der Waals surface area (Å²) in [6.45, 7) is 3.94. The molecule has 0 aliphatic carbocycles. The van der Waals surface area contributed by atoms with Gasteiger partial charge in [0.15, 0.2) is 0 Å². The maximum Gasteiger partial charge on any atom is 0.204 e. The fourth-order valence-corrected chi connectivity index (χ4v) is 1.60. The van der Waals surface area contributed by atoms with E-state index in [9.17, 15) is 5.11 Å². The molecule has 1 heterocycles. The molecule has 0 unspecified atom stereocenters. The number of para-hydroxylation sites is 2. The lowest BCUT2D eigenvalue weighted by Crippen LogP contribution is -2.36. The molecule has 2 rings (SSSR count). The maximum absolute atomic E-state index is 9.22. The van der Waals surface area contributed by atoms with Gasteiger partial charge in [0.05, 0.1) is 23.2 Å². The largest absolute Gasteiger partial charge is 0.394 e. The van der Waals surface area contributed by atoms with Crippen molar-refractivity contribution in [2.24, 2.45) is 7.05 Å². The van der Waals surface area contributed by atoms with E-state index in [4.69, 9.17) is 0 Å². The fourth-order valence-electron chi connectivity index (χ4n) is 1.60. The smallest absolute Gasteiger partial charge is 0.204 e. The molecule has 0 saturated heterocycles. The SMILES string of the molecule is Cn1c(NC(C)(C)CO)nc2ccccc21. The van der Waals surface area contributed by atoms with Crippen molar-refractivity contribution >= 4 is 17.0 Å². The number of hydrogen-bond acceptors (Lipinski definition) is 3. The van der Waals surface area contributed by atoms with Gasteiger partial charge in [0, 0.05) is 7.05 Å². The summed E-state index contributed by atoms with van der Waals surface area (Å²) < 4.78 is 1.99. The van der Waals surface area contributed by atoms with Gasteiger partial charge in [0.2, 0.25) is 5.95 Å². The second kappa shape index (κ2) is 3.79. The van der Waals surface area contributed by atoms with Crippen LogP contribution in [0.25, 0.3) is 11.0 Å². The summed E-state index contributed by atoms with van der Waals surface area (Å²) in [6, 6.07) is 7.97. The van der Waals surface area contributed by atoms with E-state index in [-0.39, 0.29) is 12.1 Å². The first-order valence-electron chi connectivity index (χ1n) is 5.34. The third-order valence-electron chi connectivity index (χ3n) is 2.63. The molecule has 0 aliphatic heterocycles. The molecule has 0 spiro atoms. The van der Waals surface area contributed by atoms with Crippen molar-refractivity contribution in [3.05, 3.63) is 24.3 Å². The Morgan fingerprint density at radius 1 is 1.38 bits per heavy atom. The van der Waals surface area contributed by atoms with Gasteiger partial charge >= 0.3 is 0 Å². The van der Waals surface area contributed by atoms with Crippen LogP contribution in [0, 0.1) is 0 Å². The Hall–Kier alpha value is -1.55. The second-order valence-electron chi connectivity index (χ2n) is 4.65. The molecule has 86 valence electrons. The predicted octanol–water partition coefficient (Wildman–Crippen LogP) is 1.76. The van der Waals surface area contributed by atoms with Crippen LogP contribution in [0.15, 0.2) is 24.3 Å². The minimum atomic E-state index is -0.366. The number of anilines is 1. The van der Waals surface area contributed by atoms with Gasteiger partial charge in [-0.15, -0.1) is 0 Å². The van der Waals surface area contributed by atoms with Crippen LogP contribution in [0.5, 0.6) is 0 Å². The van der Waals surface area contributed by atoms with Crippen LogP contribution in [0.3, 0.4) is 0 Å². The molecule has 2 N–H and O–H groups in total. The van der Waals surface area contributed by atoms with Gasteiger partial charge in [-0.1, -0.05) is 12.1 Å². The minimum Gasteiger partial charge on any atom is -0.394 e. The van der Waals surface area contributed by atoms with Crippen molar-refractivity contribution in [2.45, 2.75) is 19.4 Å². The second-order valence-corrected chi connectivity index (χ2v) is 4.65. The van der Waals surface area contributed by atoms with E-state index in [0.29, 0.717) is 0 Å². The average molecular weight is 219 g/mol. The van der Waals surface area contributed by atoms with E-state index in [1.54, 1.807) is 0 Å². The van der Waals surface area contributed by atoms with Crippen molar-refractivity contribution in [2.75, 3.05) is 11.9 Å². The summed E-state index contributed by atoms with van der Waals surface area (Å²) in [5, 5.41) is 12.4. The number of nitrogens with zero attached hydrogens (tertiary/aromatic N) is 2. The lowest BCUT2D eigenvalue weighted by Gasteiger charge is -2.23. The lowest BCUT2D eigenvalue weighted by atomic mass is 10.1. The molecule has 0 bridgehead atoms. The van der Waals surface area contributed by atoms with E-state index < -0.39 is 0 Å². The van der Waals surface area contributed by atoms with Crippen LogP contribution in [-0.2, 0) is 7.05 Å². The Labute approximate surface area is 94.9 Å². The molecule has 4 heteroatoms. The van der Waals surface area contributed by atoms with Crippen molar-refractivity contribution in [1.82, 2.24) is 9.55 Å². The van der Waals surface area contributed by atoms with E-state index in [0.717, 1.165) is 17.0 Å². The van der Waals surface area contributed by atoms with Gasteiger partial charge in [-0.25, -0.2) is 4.98 Å². The summed E-state index contributed by atoms with van der Waals surface area (Å²) in [5.74, 6) is 0.778. The monoisotopic (exact) mass is 219 g/mol. The molecule has 16 heavy (non-hydrogen) atoms. The highest BCUT2D eigenvalue weighted by molar-refractivity contribution is 5.78. The third-order valence-corrected chi connectivity index (χ3v) is 2.63. The molecule has 2 aromatic rings. The number of aliphatic hydroxyl groups excluding tert-OH is 1. The summed E-state index contributed by atoms with van der Waals surface area (Å²) in [4.78, 5) is 4.49. The van der Waals surface area contributed by atoms with E-state index >= 15 is 0 Å². The average Bonchev–Trinajstić information content (AvgIpc) is 2.56. The number of benzene rings is 1. The topological polar surface area (TPSA) is 50.1 Å². The van der Waals surface area contributed by atoms with Gasteiger partial charge in [0.1, 0.15) is 0 Å². The maximum atomic E-state index is 9.22. The Balaban J connectivity index is 2.42. The highest BCUT2D eigenvalue weighted by Crippen LogP contribution is 2.20. The van der Waals surface area contributed by atoms with Gasteiger partial charge in [0.25, 0.3) is 0 Å². The number of aliphatic hydroxyl groups is 1. The number of rotatable bonds is 3. The van der Waals surface area contributed by atoms with Crippen molar-refractivity contribution in [3.8, 4) is 0 Å². The summed E-state index contributed by atoms with van der Waals surface area (Å²) >= 11 is 0. The van der Waals surface area contributed by atoms with E-state index in [1.807, 2.05) is 49.7 Å². The first-order chi connectivity index (χ1) is 7.53. The van der Waals surface area contributed by atoms with Crippen LogP contribution >= 0.6 is 0 Å². The van der Waals surface area contributed by atoms with Crippen LogP contribution in [0.4, 0.5) is 5.95 Å². The Morgan fingerprint density at radius 3 is 2.69 bits per heavy atom. The number of aromatic nitrogens is 2. The zero-order valence-corrected chi connectivity index (χ0v) is 9.86. The van der Waals surface area contributed by atoms with E-state index in [1.165, 1.54) is 0 Å². The number of nitrogens with one attached hydrogen (secondary N) is 1. The molecular weight excluding hydrogens is 202 g/mol. The van der Waals surface area contributed by atoms with Gasteiger partial charge in [-0.2, -0.15) is 0 Å². The molecule has 1 aromatic carbocycles. The standard InChI is InChI=1S/C12H17N3O/c1-12(2,8-16)14-11-13-9-6-4-5-7-10(9)15(11)3/h4-7,16H,8H2,1-3H3,(H,13,14). The molecule has 0 atom stereocenters. The van der Waals surface area contributed by atoms with Crippen LogP contribution in [-0.4, -0.2) is 26.8 Å². The summed E-state index contributed by atoms with van der Waals surface area (Å²) in [7, 11) is 1.96. The Kier molecular flexibility index (Phi) is 2.59. The zero-order chi connectivity index (χ0) is 11.8. The van der Waals surface area contributed by atoms with Crippen LogP contribution in [0.2, 0.25) is 0 Å².